The number of carbonyl (C=O) groups excluding carboxylic acids is 3. The van der Waals surface area contributed by atoms with Gasteiger partial charge in [-0.25, -0.2) is 13.2 Å². The minimum absolute atomic E-state index is 0.0369. The summed E-state index contributed by atoms with van der Waals surface area (Å²) in [5.41, 5.74) is 0.172. The molecule has 3 heterocycles. The zero-order valence-electron chi connectivity index (χ0n) is 21.7. The molecule has 8 atom stereocenters. The molecule has 0 aromatic heterocycles. The van der Waals surface area contributed by atoms with Crippen LogP contribution in [0.25, 0.3) is 0 Å². The number of hydrogen-bond donors (Lipinski definition) is 2. The number of halogens is 7. The monoisotopic (exact) mass is 642 g/mol. The maximum atomic E-state index is 14.5. The first-order valence-corrected chi connectivity index (χ1v) is 14.7. The van der Waals surface area contributed by atoms with E-state index in [4.69, 9.17) is 0 Å². The van der Waals surface area contributed by atoms with Crippen LogP contribution in [-0.2, 0) is 14.4 Å². The SMILES string of the molecule is O=C1C=C(C(=O)N[C@@H]2CCN(C3C(C(=O)N4CCC(F)(F)C4)CC(Br)CC3C(F)(F)F)C2)C2CCCC(F)C2N1. The number of nitrogens with zero attached hydrogens (tertiary/aromatic N) is 2. The molecule has 224 valence electrons. The second kappa shape index (κ2) is 11.1. The van der Waals surface area contributed by atoms with Crippen LogP contribution >= 0.6 is 15.9 Å². The minimum atomic E-state index is -4.62. The molecule has 5 rings (SSSR count). The number of amides is 3. The van der Waals surface area contributed by atoms with E-state index >= 15 is 0 Å². The van der Waals surface area contributed by atoms with Gasteiger partial charge in [-0.3, -0.25) is 19.3 Å². The summed E-state index contributed by atoms with van der Waals surface area (Å²) in [5, 5.41) is 5.41. The van der Waals surface area contributed by atoms with Crippen molar-refractivity contribution in [2.24, 2.45) is 17.8 Å². The van der Waals surface area contributed by atoms with E-state index in [2.05, 4.69) is 26.6 Å². The molecule has 5 aliphatic rings. The van der Waals surface area contributed by atoms with Crippen molar-refractivity contribution in [2.45, 2.75) is 86.2 Å². The summed E-state index contributed by atoms with van der Waals surface area (Å²) in [6.45, 7) is -0.799. The Morgan fingerprint density at radius 3 is 2.55 bits per heavy atom. The largest absolute Gasteiger partial charge is 0.393 e. The second-order valence-corrected chi connectivity index (χ2v) is 13.1. The maximum absolute atomic E-state index is 14.5. The third-order valence-corrected chi connectivity index (χ3v) is 9.86. The molecule has 0 spiro atoms. The first-order chi connectivity index (χ1) is 18.7. The molecule has 2 aliphatic carbocycles. The summed E-state index contributed by atoms with van der Waals surface area (Å²) < 4.78 is 85.0. The summed E-state index contributed by atoms with van der Waals surface area (Å²) in [5.74, 6) is -8.34. The predicted octanol–water partition coefficient (Wildman–Crippen LogP) is 3.33. The molecule has 3 amide bonds. The number of fused-ring (bicyclic) bond motifs is 1. The highest BCUT2D eigenvalue weighted by atomic mass is 79.9. The third-order valence-electron chi connectivity index (χ3n) is 9.11. The van der Waals surface area contributed by atoms with E-state index in [1.54, 1.807) is 4.90 Å². The summed E-state index contributed by atoms with van der Waals surface area (Å²) in [6, 6.07) is -2.60. The molecular weight excluding hydrogens is 610 g/mol. The van der Waals surface area contributed by atoms with Gasteiger partial charge in [-0.15, -0.1) is 0 Å². The lowest BCUT2D eigenvalue weighted by atomic mass is 9.74. The number of hydrogen-bond acceptors (Lipinski definition) is 4. The van der Waals surface area contributed by atoms with Gasteiger partial charge in [0.15, 0.2) is 0 Å². The molecule has 14 heteroatoms. The Morgan fingerprint density at radius 1 is 1.12 bits per heavy atom. The van der Waals surface area contributed by atoms with Gasteiger partial charge < -0.3 is 15.5 Å². The van der Waals surface area contributed by atoms with E-state index in [1.165, 1.54) is 6.08 Å². The lowest BCUT2D eigenvalue weighted by Crippen LogP contribution is -2.58. The average Bonchev–Trinajstić information content (AvgIpc) is 3.48. The molecule has 40 heavy (non-hydrogen) atoms. The molecule has 0 aromatic rings. The van der Waals surface area contributed by atoms with Crippen molar-refractivity contribution in [1.29, 1.82) is 0 Å². The molecule has 7 nitrogen and oxygen atoms in total. The molecule has 7 unspecified atom stereocenters. The van der Waals surface area contributed by atoms with Crippen molar-refractivity contribution in [2.75, 3.05) is 26.2 Å². The number of rotatable bonds is 4. The van der Waals surface area contributed by atoms with Crippen LogP contribution in [0, 0.1) is 17.8 Å². The highest BCUT2D eigenvalue weighted by Crippen LogP contribution is 2.46. The Labute approximate surface area is 236 Å². The molecule has 0 aromatic carbocycles. The van der Waals surface area contributed by atoms with Crippen molar-refractivity contribution in [3.05, 3.63) is 11.6 Å². The molecule has 4 fully saturated rings. The number of nitrogens with one attached hydrogen (secondary N) is 2. The summed E-state index contributed by atoms with van der Waals surface area (Å²) in [4.78, 5) is 40.6. The molecule has 3 aliphatic heterocycles. The molecule has 2 saturated carbocycles. The van der Waals surface area contributed by atoms with Crippen LogP contribution in [0.2, 0.25) is 0 Å². The molecule has 2 saturated heterocycles. The highest BCUT2D eigenvalue weighted by molar-refractivity contribution is 9.09. The van der Waals surface area contributed by atoms with Gasteiger partial charge in [-0.05, 0) is 38.5 Å². The van der Waals surface area contributed by atoms with Gasteiger partial charge in [0.1, 0.15) is 6.17 Å². The summed E-state index contributed by atoms with van der Waals surface area (Å²) in [6.07, 6.45) is -3.71. The van der Waals surface area contributed by atoms with Crippen LogP contribution in [-0.4, -0.2) is 94.9 Å². The average molecular weight is 643 g/mol. The van der Waals surface area contributed by atoms with Gasteiger partial charge in [0.2, 0.25) is 17.7 Å². The van der Waals surface area contributed by atoms with Gasteiger partial charge in [0.25, 0.3) is 5.92 Å². The highest BCUT2D eigenvalue weighted by Gasteiger charge is 2.56. The van der Waals surface area contributed by atoms with E-state index in [0.717, 1.165) is 4.90 Å². The van der Waals surface area contributed by atoms with E-state index in [0.29, 0.717) is 25.7 Å². The Kier molecular flexibility index (Phi) is 8.23. The fourth-order valence-electron chi connectivity index (χ4n) is 7.26. The van der Waals surface area contributed by atoms with Gasteiger partial charge in [-0.2, -0.15) is 13.2 Å². The van der Waals surface area contributed by atoms with Crippen molar-refractivity contribution in [3.63, 3.8) is 0 Å². The zero-order chi connectivity index (χ0) is 29.0. The van der Waals surface area contributed by atoms with Crippen LogP contribution in [0.5, 0.6) is 0 Å². The fraction of sp³-hybridized carbons (Fsp3) is 0.808. The van der Waals surface area contributed by atoms with E-state index in [9.17, 15) is 40.7 Å². The van der Waals surface area contributed by atoms with Crippen LogP contribution in [0.1, 0.15) is 44.9 Å². The van der Waals surface area contributed by atoms with Crippen molar-refractivity contribution >= 4 is 33.7 Å². The van der Waals surface area contributed by atoms with Crippen LogP contribution in [0.15, 0.2) is 11.6 Å². The van der Waals surface area contributed by atoms with Crippen LogP contribution in [0.3, 0.4) is 0 Å². The minimum Gasteiger partial charge on any atom is -0.348 e. The van der Waals surface area contributed by atoms with E-state index < -0.39 is 89.7 Å². The van der Waals surface area contributed by atoms with E-state index in [-0.39, 0.29) is 38.0 Å². The van der Waals surface area contributed by atoms with Crippen LogP contribution in [0.4, 0.5) is 26.3 Å². The summed E-state index contributed by atoms with van der Waals surface area (Å²) in [7, 11) is 0. The first-order valence-electron chi connectivity index (χ1n) is 13.8. The van der Waals surface area contributed by atoms with Crippen molar-refractivity contribution in [1.82, 2.24) is 20.4 Å². The van der Waals surface area contributed by atoms with Gasteiger partial charge in [0, 0.05) is 60.5 Å². The Morgan fingerprint density at radius 2 is 1.88 bits per heavy atom. The van der Waals surface area contributed by atoms with Gasteiger partial charge in [0.05, 0.1) is 24.4 Å². The van der Waals surface area contributed by atoms with Crippen LogP contribution < -0.4 is 10.6 Å². The summed E-state index contributed by atoms with van der Waals surface area (Å²) >= 11 is 3.26. The fourth-order valence-corrected chi connectivity index (χ4v) is 8.07. The number of likely N-dealkylation sites (tertiary alicyclic amines) is 2. The second-order valence-electron chi connectivity index (χ2n) is 11.8. The maximum Gasteiger partial charge on any atom is 0.393 e. The van der Waals surface area contributed by atoms with Crippen molar-refractivity contribution < 1.29 is 40.7 Å². The molecule has 0 bridgehead atoms. The Bertz CT molecular complexity index is 1060. The van der Waals surface area contributed by atoms with Crippen molar-refractivity contribution in [3.8, 4) is 0 Å². The topological polar surface area (TPSA) is 81.8 Å². The van der Waals surface area contributed by atoms with E-state index in [1.807, 2.05) is 0 Å². The molecular formula is C26H33BrF6N4O3. The Hall–Kier alpha value is -1.83. The lowest BCUT2D eigenvalue weighted by molar-refractivity contribution is -0.205. The van der Waals surface area contributed by atoms with Gasteiger partial charge in [-0.1, -0.05) is 15.9 Å². The molecule has 0 radical (unpaired) electrons. The normalized spacial score (nSPS) is 38.4. The zero-order valence-corrected chi connectivity index (χ0v) is 23.3. The molecule has 2 N–H and O–H groups in total. The Balaban J connectivity index is 1.32. The lowest BCUT2D eigenvalue weighted by Gasteiger charge is -2.45. The standard InChI is InChI=1S/C26H33BrF6N4O3/c27-13-8-17(24(40)37-7-5-25(29,30)12-37)22(18(9-13)26(31,32)33)36-6-4-14(11-36)34-23(39)16-10-20(38)35-21-15(16)2-1-3-19(21)28/h10,13-15,17-19,21-22H,1-9,11-12H2,(H,34,39)(H,35,38)/t13?,14-,15?,17?,18?,19?,21?,22?/m1/s1. The smallest absolute Gasteiger partial charge is 0.348 e. The van der Waals surface area contributed by atoms with Gasteiger partial charge >= 0.3 is 6.18 Å². The predicted molar refractivity (Wildman–Crippen MR) is 135 cm³/mol. The number of alkyl halides is 7. The quantitative estimate of drug-likeness (QED) is 0.364. The third kappa shape index (κ3) is 6.03. The number of carbonyl (C=O) groups is 3. The first kappa shape index (κ1) is 29.7.